The summed E-state index contributed by atoms with van der Waals surface area (Å²) in [5.41, 5.74) is 8.82. The lowest BCUT2D eigenvalue weighted by Crippen LogP contribution is -2.14. The van der Waals surface area contributed by atoms with E-state index in [-0.39, 0.29) is 0 Å². The molecular weight excluding hydrogens is 558 g/mol. The molecule has 45 heavy (non-hydrogen) atoms. The Hall–Kier alpha value is -4.12. The minimum atomic E-state index is -0.397. The second kappa shape index (κ2) is 23.3. The van der Waals surface area contributed by atoms with Crippen LogP contribution in [0.4, 0.5) is 0 Å². The van der Waals surface area contributed by atoms with Gasteiger partial charge in [-0.05, 0) is 74.9 Å². The summed E-state index contributed by atoms with van der Waals surface area (Å²) in [6.07, 6.45) is 1.78. The molecule has 1 heterocycles. The third-order valence-electron chi connectivity index (χ3n) is 6.54. The summed E-state index contributed by atoms with van der Waals surface area (Å²) in [6, 6.07) is 23.6. The fourth-order valence-electron chi connectivity index (χ4n) is 4.21. The summed E-state index contributed by atoms with van der Waals surface area (Å²) in [4.78, 5) is 17.6. The molecule has 0 atom stereocenters. The Morgan fingerprint density at radius 1 is 0.689 bits per heavy atom. The first-order chi connectivity index (χ1) is 21.8. The molecule has 3 aromatic carbocycles. The highest BCUT2D eigenvalue weighted by Gasteiger charge is 2.24. The fourth-order valence-corrected chi connectivity index (χ4v) is 4.21. The van der Waals surface area contributed by atoms with Crippen LogP contribution >= 0.6 is 0 Å². The molecule has 4 rings (SSSR count). The molecule has 1 aromatic heterocycles. The Morgan fingerprint density at radius 2 is 1.18 bits per heavy atom. The van der Waals surface area contributed by atoms with Crippen LogP contribution in [-0.4, -0.2) is 22.7 Å². The number of pyridine rings is 1. The largest absolute Gasteiger partial charge is 0.508 e. The van der Waals surface area contributed by atoms with E-state index in [1.165, 1.54) is 16.7 Å². The van der Waals surface area contributed by atoms with Crippen LogP contribution in [0.2, 0.25) is 0 Å². The molecule has 4 aromatic rings. The van der Waals surface area contributed by atoms with Crippen molar-refractivity contribution in [1.82, 2.24) is 4.98 Å². The first kappa shape index (κ1) is 40.9. The van der Waals surface area contributed by atoms with E-state index >= 15 is 0 Å². The second-order valence-electron chi connectivity index (χ2n) is 9.48. The van der Waals surface area contributed by atoms with Crippen molar-refractivity contribution < 1.29 is 19.4 Å². The lowest BCUT2D eigenvalue weighted by molar-refractivity contribution is 0.0519. The van der Waals surface area contributed by atoms with E-state index in [9.17, 15) is 4.79 Å². The van der Waals surface area contributed by atoms with Crippen LogP contribution in [0.1, 0.15) is 106 Å². The summed E-state index contributed by atoms with van der Waals surface area (Å²) in [5.74, 6) is 0.262. The lowest BCUT2D eigenvalue weighted by atomic mass is 9.95. The number of phenolic OH excluding ortho intramolecular Hbond substituents is 1. The molecule has 0 spiro atoms. The molecule has 0 saturated heterocycles. The molecule has 0 aliphatic rings. The van der Waals surface area contributed by atoms with Gasteiger partial charge in [-0.1, -0.05) is 127 Å². The number of nitrogens with zero attached hydrogens (tertiary/aromatic N) is 1. The van der Waals surface area contributed by atoms with Crippen molar-refractivity contribution in [2.45, 2.75) is 103 Å². The van der Waals surface area contributed by atoms with E-state index in [0.29, 0.717) is 30.4 Å². The summed E-state index contributed by atoms with van der Waals surface area (Å²) >= 11 is 0. The normalized spacial score (nSPS) is 9.42. The quantitative estimate of drug-likeness (QED) is 0.200. The molecular formula is C40H57NO4. The molecule has 246 valence electrons. The van der Waals surface area contributed by atoms with Crippen molar-refractivity contribution in [3.8, 4) is 22.9 Å². The number of hydrogen-bond donors (Lipinski definition) is 1. The summed E-state index contributed by atoms with van der Waals surface area (Å²) in [5, 5.41) is 8.85. The van der Waals surface area contributed by atoms with E-state index < -0.39 is 5.97 Å². The number of carbonyl (C=O) groups excluding carboxylic acids is 1. The number of phenols is 1. The van der Waals surface area contributed by atoms with Crippen molar-refractivity contribution in [2.75, 3.05) is 6.61 Å². The Morgan fingerprint density at radius 3 is 1.64 bits per heavy atom. The van der Waals surface area contributed by atoms with Gasteiger partial charge in [0.1, 0.15) is 17.9 Å². The number of aromatic nitrogens is 1. The van der Waals surface area contributed by atoms with Gasteiger partial charge in [-0.15, -0.1) is 0 Å². The molecule has 0 saturated carbocycles. The van der Waals surface area contributed by atoms with Gasteiger partial charge in [0.25, 0.3) is 0 Å². The average Bonchev–Trinajstić information content (AvgIpc) is 3.08. The van der Waals surface area contributed by atoms with Crippen molar-refractivity contribution in [1.29, 1.82) is 0 Å². The van der Waals surface area contributed by atoms with Gasteiger partial charge in [0.2, 0.25) is 5.88 Å². The predicted molar refractivity (Wildman–Crippen MR) is 192 cm³/mol. The number of hydrogen-bond acceptors (Lipinski definition) is 5. The number of aryl methyl sites for hydroxylation is 3. The topological polar surface area (TPSA) is 68.7 Å². The number of carbonyl (C=O) groups is 1. The highest BCUT2D eigenvalue weighted by atomic mass is 16.5. The van der Waals surface area contributed by atoms with Crippen LogP contribution in [0.3, 0.4) is 0 Å². The number of rotatable bonds is 8. The predicted octanol–water partition coefficient (Wildman–Crippen LogP) is 11.0. The Balaban J connectivity index is 0.00000108. The van der Waals surface area contributed by atoms with Crippen molar-refractivity contribution in [3.05, 3.63) is 112 Å². The van der Waals surface area contributed by atoms with Gasteiger partial charge in [-0.2, -0.15) is 0 Å². The first-order valence-corrected chi connectivity index (χ1v) is 16.5. The molecule has 0 aliphatic heterocycles. The zero-order valence-electron chi connectivity index (χ0n) is 29.9. The zero-order chi connectivity index (χ0) is 34.4. The van der Waals surface area contributed by atoms with E-state index in [0.717, 1.165) is 40.8 Å². The highest BCUT2D eigenvalue weighted by Crippen LogP contribution is 2.33. The molecule has 1 N–H and O–H groups in total. The summed E-state index contributed by atoms with van der Waals surface area (Å²) < 4.78 is 11.4. The smallest absolute Gasteiger partial charge is 0.343 e. The van der Waals surface area contributed by atoms with Crippen LogP contribution in [-0.2, 0) is 24.2 Å². The van der Waals surface area contributed by atoms with E-state index in [1.807, 2.05) is 91.8 Å². The number of ether oxygens (including phenoxy) is 2. The zero-order valence-corrected chi connectivity index (χ0v) is 29.9. The van der Waals surface area contributed by atoms with Gasteiger partial charge >= 0.3 is 5.97 Å². The average molecular weight is 616 g/mol. The summed E-state index contributed by atoms with van der Waals surface area (Å²) in [6.45, 7) is 24.7. The molecule has 0 amide bonds. The number of esters is 1. The number of benzene rings is 3. The minimum absolute atomic E-state index is 0.302. The van der Waals surface area contributed by atoms with Gasteiger partial charge in [-0.3, -0.25) is 0 Å². The van der Waals surface area contributed by atoms with Crippen LogP contribution in [0.15, 0.2) is 72.8 Å². The monoisotopic (exact) mass is 615 g/mol. The molecule has 0 fully saturated rings. The van der Waals surface area contributed by atoms with Gasteiger partial charge in [0, 0.05) is 5.56 Å². The van der Waals surface area contributed by atoms with Crippen LogP contribution in [0, 0.1) is 20.8 Å². The van der Waals surface area contributed by atoms with Gasteiger partial charge in [0.05, 0.1) is 12.3 Å². The maximum atomic E-state index is 12.8. The van der Waals surface area contributed by atoms with Crippen LogP contribution < -0.4 is 4.74 Å². The Bertz CT molecular complexity index is 1360. The fraction of sp³-hybridized carbons (Fsp3) is 0.400. The summed E-state index contributed by atoms with van der Waals surface area (Å²) in [7, 11) is 0. The molecule has 0 bridgehead atoms. The maximum Gasteiger partial charge on any atom is 0.343 e. The maximum absolute atomic E-state index is 12.8. The molecule has 5 heteroatoms. The molecule has 0 radical (unpaired) electrons. The molecule has 0 aliphatic carbocycles. The van der Waals surface area contributed by atoms with Gasteiger partial charge in [0.15, 0.2) is 0 Å². The van der Waals surface area contributed by atoms with Crippen LogP contribution in [0.25, 0.3) is 11.3 Å². The van der Waals surface area contributed by atoms with Gasteiger partial charge < -0.3 is 14.6 Å². The lowest BCUT2D eigenvalue weighted by Gasteiger charge is -2.18. The van der Waals surface area contributed by atoms with E-state index in [1.54, 1.807) is 19.1 Å². The second-order valence-corrected chi connectivity index (χ2v) is 9.48. The molecule has 5 nitrogen and oxygen atoms in total. The van der Waals surface area contributed by atoms with Crippen molar-refractivity contribution in [2.24, 2.45) is 0 Å². The highest BCUT2D eigenvalue weighted by molar-refractivity contribution is 5.95. The van der Waals surface area contributed by atoms with Crippen molar-refractivity contribution in [3.63, 3.8) is 0 Å². The SMILES string of the molecule is CC.CC.CC.CCOC(=O)c1c(OCc2ccc(C)cc2)nc(-c2ccc(C)cc2)c(CC)c1C.CCc1ccc(O)cc1. The first-order valence-electron chi connectivity index (χ1n) is 16.5. The Kier molecular flexibility index (Phi) is 21.2. The minimum Gasteiger partial charge on any atom is -0.508 e. The standard InChI is InChI=1S/C26H29NO3.C8H10O.3C2H6/c1-6-22-19(5)23(26(28)29-7-2)25(30-16-20-12-8-17(3)9-13-20)27-24(22)21-14-10-18(4)11-15-21;1-2-7-3-5-8(9)6-4-7;3*1-2/h8-15H,6-7,16H2,1-5H3;3-6,9H,2H2,1H3;3*1-2H3. The third-order valence-corrected chi connectivity index (χ3v) is 6.54. The van der Waals surface area contributed by atoms with Crippen LogP contribution in [0.5, 0.6) is 11.6 Å². The third kappa shape index (κ3) is 13.2. The Labute approximate surface area is 273 Å². The van der Waals surface area contributed by atoms with Gasteiger partial charge in [-0.25, -0.2) is 9.78 Å². The molecule has 0 unspecified atom stereocenters. The van der Waals surface area contributed by atoms with E-state index in [2.05, 4.69) is 45.0 Å². The number of aromatic hydroxyl groups is 1. The van der Waals surface area contributed by atoms with E-state index in [4.69, 9.17) is 19.6 Å². The van der Waals surface area contributed by atoms with Crippen molar-refractivity contribution >= 4 is 5.97 Å².